The van der Waals surface area contributed by atoms with E-state index in [0.717, 1.165) is 6.07 Å². The monoisotopic (exact) mass is 402 g/mol. The van der Waals surface area contributed by atoms with Crippen molar-refractivity contribution in [1.29, 1.82) is 0 Å². The molecule has 0 saturated carbocycles. The predicted octanol–water partition coefficient (Wildman–Crippen LogP) is 2.69. The minimum atomic E-state index is -0.964. The SMILES string of the molecule is CCC(=O)c1ccc(OCC(=O)OCC(=O)NC(=O)Nc2ccccc2F)cc1. The number of benzene rings is 2. The lowest BCUT2D eigenvalue weighted by molar-refractivity contribution is -0.150. The summed E-state index contributed by atoms with van der Waals surface area (Å²) in [6.45, 7) is 0.578. The van der Waals surface area contributed by atoms with Crippen molar-refractivity contribution in [1.82, 2.24) is 5.32 Å². The van der Waals surface area contributed by atoms with Gasteiger partial charge >= 0.3 is 12.0 Å². The first-order chi connectivity index (χ1) is 13.9. The van der Waals surface area contributed by atoms with Crippen LogP contribution < -0.4 is 15.4 Å². The van der Waals surface area contributed by atoms with Crippen molar-refractivity contribution >= 4 is 29.4 Å². The Balaban J connectivity index is 1.70. The highest BCUT2D eigenvalue weighted by atomic mass is 19.1. The Bertz CT molecular complexity index is 898. The van der Waals surface area contributed by atoms with Gasteiger partial charge in [-0.1, -0.05) is 19.1 Å². The number of imide groups is 1. The van der Waals surface area contributed by atoms with E-state index in [-0.39, 0.29) is 11.5 Å². The molecule has 2 aromatic carbocycles. The third-order valence-electron chi connectivity index (χ3n) is 3.59. The summed E-state index contributed by atoms with van der Waals surface area (Å²) < 4.78 is 23.3. The largest absolute Gasteiger partial charge is 0.482 e. The molecule has 8 nitrogen and oxygen atoms in total. The number of halogens is 1. The van der Waals surface area contributed by atoms with E-state index in [1.54, 1.807) is 19.1 Å². The number of Topliss-reactive ketones (excluding diaryl/α,β-unsaturated/α-hetero) is 1. The predicted molar refractivity (Wildman–Crippen MR) is 101 cm³/mol. The van der Waals surface area contributed by atoms with Crippen LogP contribution in [0.2, 0.25) is 0 Å². The first kappa shape index (κ1) is 21.5. The Morgan fingerprint density at radius 2 is 1.66 bits per heavy atom. The number of ether oxygens (including phenoxy) is 2. The maximum Gasteiger partial charge on any atom is 0.344 e. The van der Waals surface area contributed by atoms with Crippen LogP contribution in [0.5, 0.6) is 5.75 Å². The molecule has 0 radical (unpaired) electrons. The highest BCUT2D eigenvalue weighted by Gasteiger charge is 2.13. The quantitative estimate of drug-likeness (QED) is 0.519. The molecule has 0 spiro atoms. The normalized spacial score (nSPS) is 10.0. The van der Waals surface area contributed by atoms with Gasteiger partial charge in [0.25, 0.3) is 5.91 Å². The van der Waals surface area contributed by atoms with Crippen molar-refractivity contribution in [2.75, 3.05) is 18.5 Å². The zero-order valence-electron chi connectivity index (χ0n) is 15.6. The third kappa shape index (κ3) is 7.06. The first-order valence-corrected chi connectivity index (χ1v) is 8.66. The number of hydrogen-bond acceptors (Lipinski definition) is 6. The zero-order valence-corrected chi connectivity index (χ0v) is 15.6. The summed E-state index contributed by atoms with van der Waals surface area (Å²) in [6, 6.07) is 10.7. The van der Waals surface area contributed by atoms with Crippen LogP contribution in [0.4, 0.5) is 14.9 Å². The van der Waals surface area contributed by atoms with Gasteiger partial charge in [0, 0.05) is 12.0 Å². The molecule has 0 heterocycles. The van der Waals surface area contributed by atoms with E-state index in [0.29, 0.717) is 17.7 Å². The molecule has 9 heteroatoms. The molecular formula is C20H19FN2O6. The molecule has 0 aliphatic heterocycles. The number of hydrogen-bond donors (Lipinski definition) is 2. The van der Waals surface area contributed by atoms with Crippen molar-refractivity contribution in [3.05, 3.63) is 59.9 Å². The van der Waals surface area contributed by atoms with Crippen LogP contribution in [0.15, 0.2) is 48.5 Å². The molecule has 0 aromatic heterocycles. The Morgan fingerprint density at radius 1 is 0.966 bits per heavy atom. The molecule has 0 unspecified atom stereocenters. The van der Waals surface area contributed by atoms with Crippen LogP contribution in [-0.2, 0) is 14.3 Å². The second-order valence-corrected chi connectivity index (χ2v) is 5.73. The van der Waals surface area contributed by atoms with Gasteiger partial charge in [-0.15, -0.1) is 0 Å². The zero-order chi connectivity index (χ0) is 21.2. The Kier molecular flexibility index (Phi) is 7.84. The maximum atomic E-state index is 13.4. The number of carbonyl (C=O) groups is 4. The van der Waals surface area contributed by atoms with E-state index in [1.807, 2.05) is 5.32 Å². The second-order valence-electron chi connectivity index (χ2n) is 5.73. The molecule has 2 N–H and O–H groups in total. The fourth-order valence-electron chi connectivity index (χ4n) is 2.15. The van der Waals surface area contributed by atoms with Crippen LogP contribution in [0, 0.1) is 5.82 Å². The van der Waals surface area contributed by atoms with Crippen LogP contribution >= 0.6 is 0 Å². The summed E-state index contributed by atoms with van der Waals surface area (Å²) in [6.07, 6.45) is 0.382. The fourth-order valence-corrected chi connectivity index (χ4v) is 2.15. The van der Waals surface area contributed by atoms with Crippen molar-refractivity contribution in [2.24, 2.45) is 0 Å². The number of urea groups is 1. The lowest BCUT2D eigenvalue weighted by Crippen LogP contribution is -2.37. The van der Waals surface area contributed by atoms with E-state index >= 15 is 0 Å². The van der Waals surface area contributed by atoms with Gasteiger partial charge in [-0.2, -0.15) is 0 Å². The maximum absolute atomic E-state index is 13.4. The Morgan fingerprint density at radius 3 is 2.31 bits per heavy atom. The molecule has 2 rings (SSSR count). The summed E-state index contributed by atoms with van der Waals surface area (Å²) in [5.41, 5.74) is 0.433. The van der Waals surface area contributed by atoms with E-state index in [4.69, 9.17) is 9.47 Å². The van der Waals surface area contributed by atoms with Crippen molar-refractivity contribution in [2.45, 2.75) is 13.3 Å². The molecule has 152 valence electrons. The lowest BCUT2D eigenvalue weighted by Gasteiger charge is -2.09. The number of rotatable bonds is 8. The number of anilines is 1. The number of esters is 1. The highest BCUT2D eigenvalue weighted by Crippen LogP contribution is 2.13. The van der Waals surface area contributed by atoms with Gasteiger partial charge in [0.05, 0.1) is 5.69 Å². The number of ketones is 1. The van der Waals surface area contributed by atoms with Gasteiger partial charge in [-0.05, 0) is 36.4 Å². The van der Waals surface area contributed by atoms with Gasteiger partial charge in [-0.25, -0.2) is 14.0 Å². The summed E-state index contributed by atoms with van der Waals surface area (Å²) in [5, 5.41) is 4.06. The fraction of sp³-hybridized carbons (Fsp3) is 0.200. The number of carbonyl (C=O) groups excluding carboxylic acids is 4. The van der Waals surface area contributed by atoms with Crippen LogP contribution in [0.3, 0.4) is 0 Å². The van der Waals surface area contributed by atoms with Gasteiger partial charge in [0.2, 0.25) is 0 Å². The van der Waals surface area contributed by atoms with E-state index in [9.17, 15) is 23.6 Å². The topological polar surface area (TPSA) is 111 Å². The summed E-state index contributed by atoms with van der Waals surface area (Å²) in [5.74, 6) is -2.05. The van der Waals surface area contributed by atoms with Gasteiger partial charge < -0.3 is 14.8 Å². The Hall–Kier alpha value is -3.75. The molecule has 3 amide bonds. The number of nitrogens with one attached hydrogen (secondary N) is 2. The standard InChI is InChI=1S/C20H19FN2O6/c1-2-17(24)13-7-9-14(10-8-13)28-12-19(26)29-11-18(25)23-20(27)22-16-6-4-3-5-15(16)21/h3-10H,2,11-12H2,1H3,(H2,22,23,25,27). The summed E-state index contributed by atoms with van der Waals surface area (Å²) >= 11 is 0. The molecule has 0 bridgehead atoms. The molecule has 0 saturated heterocycles. The summed E-state index contributed by atoms with van der Waals surface area (Å²) in [4.78, 5) is 46.4. The van der Waals surface area contributed by atoms with E-state index in [1.165, 1.54) is 30.3 Å². The van der Waals surface area contributed by atoms with E-state index < -0.39 is 36.9 Å². The Labute approximate surface area is 166 Å². The van der Waals surface area contributed by atoms with Crippen molar-refractivity contribution in [3.8, 4) is 5.75 Å². The molecule has 0 atom stereocenters. The molecule has 29 heavy (non-hydrogen) atoms. The molecule has 0 fully saturated rings. The van der Waals surface area contributed by atoms with Crippen molar-refractivity contribution < 1.29 is 33.0 Å². The minimum Gasteiger partial charge on any atom is -0.482 e. The molecule has 2 aromatic rings. The smallest absolute Gasteiger partial charge is 0.344 e. The van der Waals surface area contributed by atoms with Crippen LogP contribution in [0.1, 0.15) is 23.7 Å². The number of amides is 3. The second kappa shape index (κ2) is 10.5. The van der Waals surface area contributed by atoms with Crippen LogP contribution in [-0.4, -0.2) is 36.9 Å². The van der Waals surface area contributed by atoms with Crippen LogP contribution in [0.25, 0.3) is 0 Å². The summed E-state index contributed by atoms with van der Waals surface area (Å²) in [7, 11) is 0. The third-order valence-corrected chi connectivity index (χ3v) is 3.59. The van der Waals surface area contributed by atoms with Crippen molar-refractivity contribution in [3.63, 3.8) is 0 Å². The highest BCUT2D eigenvalue weighted by molar-refractivity contribution is 6.02. The minimum absolute atomic E-state index is 0.0130. The molecule has 0 aliphatic rings. The average Bonchev–Trinajstić information content (AvgIpc) is 2.72. The first-order valence-electron chi connectivity index (χ1n) is 8.66. The van der Waals surface area contributed by atoms with E-state index in [2.05, 4.69) is 5.32 Å². The van der Waals surface area contributed by atoms with Gasteiger partial charge in [0.1, 0.15) is 11.6 Å². The molecular weight excluding hydrogens is 383 g/mol. The lowest BCUT2D eigenvalue weighted by atomic mass is 10.1. The average molecular weight is 402 g/mol. The number of para-hydroxylation sites is 1. The van der Waals surface area contributed by atoms with Gasteiger partial charge in [0.15, 0.2) is 19.0 Å². The molecule has 0 aliphatic carbocycles. The van der Waals surface area contributed by atoms with Gasteiger partial charge in [-0.3, -0.25) is 14.9 Å².